The van der Waals surface area contributed by atoms with Crippen LogP contribution in [0.25, 0.3) is 0 Å². The maximum atomic E-state index is 9.20. The Hall–Kier alpha value is -0.175. The fourth-order valence-corrected chi connectivity index (χ4v) is 1.14. The van der Waals surface area contributed by atoms with Crippen molar-refractivity contribution in [3.05, 3.63) is 0 Å². The van der Waals surface area contributed by atoms with Crippen LogP contribution >= 0.6 is 0 Å². The fourth-order valence-electron chi connectivity index (χ4n) is 1.14. The quantitative estimate of drug-likeness (QED) is 0.353. The van der Waals surface area contributed by atoms with Crippen LogP contribution in [0.2, 0.25) is 0 Å². The predicted octanol–water partition coefficient (Wildman–Crippen LogP) is -2.99. The molecule has 0 bridgehead atoms. The van der Waals surface area contributed by atoms with E-state index in [0.29, 0.717) is 0 Å². The van der Waals surface area contributed by atoms with Gasteiger partial charge >= 0.3 is 7.69 Å². The summed E-state index contributed by atoms with van der Waals surface area (Å²) in [6.45, 7) is -0.979. The maximum Gasteiger partial charge on any atom is 0.488 e. The molecule has 0 aromatic carbocycles. The van der Waals surface area contributed by atoms with Gasteiger partial charge in [-0.15, -0.1) is 0 Å². The zero-order valence-corrected chi connectivity index (χ0v) is 6.91. The Balaban J connectivity index is 2.52. The van der Waals surface area contributed by atoms with Crippen LogP contribution in [0.15, 0.2) is 0 Å². The van der Waals surface area contributed by atoms with Gasteiger partial charge in [-0.05, 0) is 0 Å². The molecule has 4 atom stereocenters. The van der Waals surface area contributed by atoms with Crippen LogP contribution in [0.5, 0.6) is 0 Å². The van der Waals surface area contributed by atoms with Crippen molar-refractivity contribution >= 4 is 7.69 Å². The van der Waals surface area contributed by atoms with Crippen molar-refractivity contribution in [2.45, 2.75) is 24.4 Å². The highest BCUT2D eigenvalue weighted by atomic mass is 16.7. The molecule has 1 aliphatic heterocycles. The van der Waals surface area contributed by atoms with Gasteiger partial charge in [-0.2, -0.15) is 0 Å². The first-order chi connectivity index (χ1) is 6.20. The molecule has 1 saturated heterocycles. The predicted molar refractivity (Wildman–Crippen MR) is 41.7 cm³/mol. The zero-order valence-electron chi connectivity index (χ0n) is 6.91. The number of rotatable bonds is 4. The van der Waals surface area contributed by atoms with Gasteiger partial charge in [-0.25, -0.2) is 0 Å². The number of aliphatic hydroxyl groups is 4. The maximum absolute atomic E-state index is 9.20. The van der Waals surface area contributed by atoms with Gasteiger partial charge in [0.05, 0.1) is 25.4 Å². The molecular formula is C6H12BO6. The first-order valence-electron chi connectivity index (χ1n) is 3.91. The zero-order chi connectivity index (χ0) is 9.84. The Morgan fingerprint density at radius 3 is 1.69 bits per heavy atom. The van der Waals surface area contributed by atoms with E-state index in [1.165, 1.54) is 0 Å². The third kappa shape index (κ3) is 2.40. The summed E-state index contributed by atoms with van der Waals surface area (Å²) in [5, 5.41) is 35.7. The summed E-state index contributed by atoms with van der Waals surface area (Å²) in [7, 11) is 0.979. The summed E-state index contributed by atoms with van der Waals surface area (Å²) < 4.78 is 9.63. The minimum atomic E-state index is -1.13. The average Bonchev–Trinajstić information content (AvgIpc) is 2.63. The van der Waals surface area contributed by atoms with Gasteiger partial charge in [-0.3, -0.25) is 0 Å². The summed E-state index contributed by atoms with van der Waals surface area (Å²) in [5.41, 5.74) is 0. The van der Waals surface area contributed by atoms with Crippen LogP contribution in [-0.4, -0.2) is 65.7 Å². The van der Waals surface area contributed by atoms with E-state index < -0.39 is 37.6 Å². The van der Waals surface area contributed by atoms with Crippen LogP contribution in [0.1, 0.15) is 0 Å². The molecule has 1 rings (SSSR count). The molecule has 0 aromatic rings. The molecular weight excluding hydrogens is 179 g/mol. The lowest BCUT2D eigenvalue weighted by Gasteiger charge is -2.24. The van der Waals surface area contributed by atoms with Gasteiger partial charge in [0, 0.05) is 0 Å². The second-order valence-corrected chi connectivity index (χ2v) is 2.80. The van der Waals surface area contributed by atoms with Gasteiger partial charge in [0.25, 0.3) is 0 Å². The molecule has 0 aliphatic carbocycles. The first-order valence-corrected chi connectivity index (χ1v) is 3.91. The Labute approximate surface area is 76.0 Å². The smallest absolute Gasteiger partial charge is 0.405 e. The fraction of sp³-hybridized carbons (Fsp3) is 1.00. The lowest BCUT2D eigenvalue weighted by atomic mass is 10.0. The molecule has 6 nitrogen and oxygen atoms in total. The molecule has 13 heavy (non-hydrogen) atoms. The van der Waals surface area contributed by atoms with Crippen LogP contribution in [-0.2, 0) is 9.31 Å². The third-order valence-corrected chi connectivity index (χ3v) is 1.88. The number of hydrogen-bond donors (Lipinski definition) is 4. The molecule has 4 N–H and O–H groups in total. The molecule has 7 heteroatoms. The molecule has 4 unspecified atom stereocenters. The molecule has 75 valence electrons. The van der Waals surface area contributed by atoms with Crippen molar-refractivity contribution in [2.24, 2.45) is 0 Å². The molecule has 0 aromatic heterocycles. The average molecular weight is 191 g/mol. The van der Waals surface area contributed by atoms with E-state index in [1.54, 1.807) is 0 Å². The second kappa shape index (κ2) is 4.89. The van der Waals surface area contributed by atoms with Gasteiger partial charge in [-0.1, -0.05) is 0 Å². The largest absolute Gasteiger partial charge is 0.488 e. The molecule has 0 spiro atoms. The Morgan fingerprint density at radius 1 is 1.00 bits per heavy atom. The highest BCUT2D eigenvalue weighted by molar-refractivity contribution is 6.19. The molecule has 1 radical (unpaired) electrons. The lowest BCUT2D eigenvalue weighted by Crippen LogP contribution is -2.45. The van der Waals surface area contributed by atoms with Crippen molar-refractivity contribution < 1.29 is 29.7 Å². The molecule has 1 fully saturated rings. The van der Waals surface area contributed by atoms with E-state index in [0.717, 1.165) is 7.69 Å². The topological polar surface area (TPSA) is 99.4 Å². The lowest BCUT2D eigenvalue weighted by molar-refractivity contribution is -0.0640. The first kappa shape index (κ1) is 10.9. The molecule has 0 saturated carbocycles. The van der Waals surface area contributed by atoms with E-state index in [1.807, 2.05) is 0 Å². The summed E-state index contributed by atoms with van der Waals surface area (Å²) in [5.74, 6) is 0. The normalized spacial score (nSPS) is 32.6. The third-order valence-electron chi connectivity index (χ3n) is 1.88. The highest BCUT2D eigenvalue weighted by Crippen LogP contribution is 2.18. The van der Waals surface area contributed by atoms with Crippen LogP contribution < -0.4 is 0 Å². The summed E-state index contributed by atoms with van der Waals surface area (Å²) in [6, 6.07) is 0. The minimum Gasteiger partial charge on any atom is -0.405 e. The van der Waals surface area contributed by atoms with Crippen molar-refractivity contribution in [1.82, 2.24) is 0 Å². The summed E-state index contributed by atoms with van der Waals surface area (Å²) in [6.07, 6.45) is -3.95. The van der Waals surface area contributed by atoms with Crippen LogP contribution in [0.4, 0.5) is 0 Å². The Bertz CT molecular complexity index is 140. The van der Waals surface area contributed by atoms with E-state index >= 15 is 0 Å². The Morgan fingerprint density at radius 2 is 1.38 bits per heavy atom. The van der Waals surface area contributed by atoms with Gasteiger partial charge in [0.1, 0.15) is 12.2 Å². The molecule has 1 heterocycles. The minimum absolute atomic E-state index is 0.490. The van der Waals surface area contributed by atoms with Crippen molar-refractivity contribution in [3.8, 4) is 0 Å². The molecule has 1 aliphatic rings. The van der Waals surface area contributed by atoms with Crippen molar-refractivity contribution in [2.75, 3.05) is 13.2 Å². The number of hydrogen-bond acceptors (Lipinski definition) is 6. The van der Waals surface area contributed by atoms with Gasteiger partial charge < -0.3 is 29.7 Å². The van der Waals surface area contributed by atoms with Crippen LogP contribution in [0, 0.1) is 0 Å². The van der Waals surface area contributed by atoms with E-state index in [-0.39, 0.29) is 0 Å². The second-order valence-electron chi connectivity index (χ2n) is 2.80. The van der Waals surface area contributed by atoms with Gasteiger partial charge in [0.15, 0.2) is 0 Å². The number of aliphatic hydroxyl groups excluding tert-OH is 4. The SMILES string of the molecule is OCC(O)C1O[B]OC1C(O)CO. The Kier molecular flexibility index (Phi) is 4.11. The monoisotopic (exact) mass is 191 g/mol. The van der Waals surface area contributed by atoms with E-state index in [9.17, 15) is 10.2 Å². The summed E-state index contributed by atoms with van der Waals surface area (Å²) in [4.78, 5) is 0. The summed E-state index contributed by atoms with van der Waals surface area (Å²) >= 11 is 0. The van der Waals surface area contributed by atoms with Crippen molar-refractivity contribution in [3.63, 3.8) is 0 Å². The standard InChI is InChI=1S/C6H12BO6/c8-1-3(10)5-6(4(11)2-9)13-7-12-5/h3-6,8-11H,1-2H2. The van der Waals surface area contributed by atoms with Crippen molar-refractivity contribution in [1.29, 1.82) is 0 Å². The van der Waals surface area contributed by atoms with E-state index in [4.69, 9.17) is 19.5 Å². The van der Waals surface area contributed by atoms with Crippen LogP contribution in [0.3, 0.4) is 0 Å². The van der Waals surface area contributed by atoms with E-state index in [2.05, 4.69) is 0 Å². The highest BCUT2D eigenvalue weighted by Gasteiger charge is 2.39. The van der Waals surface area contributed by atoms with Gasteiger partial charge in [0.2, 0.25) is 0 Å². The molecule has 0 amide bonds.